The first-order chi connectivity index (χ1) is 12.4. The molecule has 0 bridgehead atoms. The minimum atomic E-state index is -3.42. The van der Waals surface area contributed by atoms with Crippen molar-refractivity contribution in [1.29, 1.82) is 0 Å². The maximum atomic E-state index is 12.7. The first-order valence-electron chi connectivity index (χ1n) is 8.91. The second-order valence-electron chi connectivity index (χ2n) is 6.91. The molecule has 0 saturated carbocycles. The van der Waals surface area contributed by atoms with Crippen LogP contribution < -0.4 is 5.32 Å². The van der Waals surface area contributed by atoms with Crippen molar-refractivity contribution in [3.63, 3.8) is 0 Å². The highest BCUT2D eigenvalue weighted by Gasteiger charge is 2.41. The van der Waals surface area contributed by atoms with Crippen LogP contribution in [0.25, 0.3) is 0 Å². The Balaban J connectivity index is 1.56. The van der Waals surface area contributed by atoms with E-state index in [9.17, 15) is 13.2 Å². The minimum absolute atomic E-state index is 0.200. The molecule has 3 rings (SSSR count). The van der Waals surface area contributed by atoms with E-state index in [1.54, 1.807) is 0 Å². The average Bonchev–Trinajstić information content (AvgIpc) is 3.14. The molecule has 0 amide bonds. The summed E-state index contributed by atoms with van der Waals surface area (Å²) in [5.74, 6) is -0.398. The molecule has 2 unspecified atom stereocenters. The summed E-state index contributed by atoms with van der Waals surface area (Å²) in [6, 6.07) is 5.43. The van der Waals surface area contributed by atoms with Gasteiger partial charge in [-0.1, -0.05) is 23.8 Å². The Morgan fingerprint density at radius 3 is 2.77 bits per heavy atom. The van der Waals surface area contributed by atoms with Crippen molar-refractivity contribution in [2.75, 3.05) is 32.8 Å². The van der Waals surface area contributed by atoms with Crippen molar-refractivity contribution < 1.29 is 22.7 Å². The number of benzene rings is 1. The Morgan fingerprint density at radius 2 is 2.04 bits per heavy atom. The minimum Gasteiger partial charge on any atom is -0.460 e. The van der Waals surface area contributed by atoms with E-state index in [2.05, 4.69) is 5.32 Å². The zero-order chi connectivity index (χ0) is 18.7. The van der Waals surface area contributed by atoms with E-state index in [4.69, 9.17) is 9.47 Å². The van der Waals surface area contributed by atoms with Crippen LogP contribution in [0.3, 0.4) is 0 Å². The van der Waals surface area contributed by atoms with E-state index in [0.717, 1.165) is 16.7 Å². The maximum Gasteiger partial charge on any atom is 0.323 e. The third-order valence-corrected chi connectivity index (χ3v) is 7.29. The van der Waals surface area contributed by atoms with E-state index >= 15 is 0 Å². The van der Waals surface area contributed by atoms with Gasteiger partial charge in [0.15, 0.2) is 0 Å². The van der Waals surface area contributed by atoms with Crippen LogP contribution in [0.4, 0.5) is 0 Å². The monoisotopic (exact) mass is 382 g/mol. The average molecular weight is 382 g/mol. The molecular formula is C18H26N2O5S. The molecule has 2 saturated heterocycles. The molecule has 0 radical (unpaired) electrons. The fourth-order valence-corrected chi connectivity index (χ4v) is 5.15. The molecule has 0 aromatic heterocycles. The Hall–Kier alpha value is -1.48. The number of hydrogen-bond donors (Lipinski definition) is 1. The van der Waals surface area contributed by atoms with Gasteiger partial charge >= 0.3 is 5.97 Å². The molecule has 1 aromatic carbocycles. The standard InChI is InChI=1S/C18H26N2O5S/c1-13-3-4-14(2)15(9-13)12-25-18(21)17-10-16(11-19-17)26(22,23)20-5-7-24-8-6-20/h3-4,9,16-17,19H,5-8,10-12H2,1-2H3. The van der Waals surface area contributed by atoms with Crippen molar-refractivity contribution in [2.45, 2.75) is 38.2 Å². The summed E-state index contributed by atoms with van der Waals surface area (Å²) in [4.78, 5) is 12.4. The van der Waals surface area contributed by atoms with E-state index in [-0.39, 0.29) is 19.6 Å². The lowest BCUT2D eigenvalue weighted by atomic mass is 10.1. The Morgan fingerprint density at radius 1 is 1.31 bits per heavy atom. The first kappa shape index (κ1) is 19.3. The molecule has 2 aliphatic heterocycles. The van der Waals surface area contributed by atoms with Crippen molar-refractivity contribution >= 4 is 16.0 Å². The first-order valence-corrected chi connectivity index (χ1v) is 10.4. The number of hydrogen-bond acceptors (Lipinski definition) is 6. The number of morpholine rings is 1. The second-order valence-corrected chi connectivity index (χ2v) is 9.13. The molecule has 0 aliphatic carbocycles. The molecule has 2 aliphatic rings. The topological polar surface area (TPSA) is 84.9 Å². The summed E-state index contributed by atoms with van der Waals surface area (Å²) >= 11 is 0. The molecule has 26 heavy (non-hydrogen) atoms. The Kier molecular flexibility index (Phi) is 5.96. The highest BCUT2D eigenvalue weighted by atomic mass is 32.2. The highest BCUT2D eigenvalue weighted by molar-refractivity contribution is 7.89. The summed E-state index contributed by atoms with van der Waals surface area (Å²) < 4.78 is 37.5. The van der Waals surface area contributed by atoms with Gasteiger partial charge in [0, 0.05) is 19.6 Å². The molecule has 1 N–H and O–H groups in total. The number of nitrogens with zero attached hydrogens (tertiary/aromatic N) is 1. The van der Waals surface area contributed by atoms with Gasteiger partial charge in [0.2, 0.25) is 10.0 Å². The van der Waals surface area contributed by atoms with Gasteiger partial charge in [-0.25, -0.2) is 8.42 Å². The summed E-state index contributed by atoms with van der Waals surface area (Å²) in [6.45, 7) is 6.02. The molecule has 2 atom stereocenters. The fourth-order valence-electron chi connectivity index (χ4n) is 3.33. The molecule has 0 spiro atoms. The fraction of sp³-hybridized carbons (Fsp3) is 0.611. The third kappa shape index (κ3) is 4.25. The zero-order valence-corrected chi connectivity index (χ0v) is 16.0. The molecule has 144 valence electrons. The van der Waals surface area contributed by atoms with Crippen LogP contribution in [-0.2, 0) is 30.9 Å². The van der Waals surface area contributed by atoms with Crippen LogP contribution in [-0.4, -0.2) is 62.8 Å². The predicted octanol–water partition coefficient (Wildman–Crippen LogP) is 0.739. The number of sulfonamides is 1. The molecule has 2 heterocycles. The number of rotatable bonds is 5. The normalized spacial score (nSPS) is 24.5. The van der Waals surface area contributed by atoms with E-state index in [1.165, 1.54) is 4.31 Å². The van der Waals surface area contributed by atoms with Crippen molar-refractivity contribution in [2.24, 2.45) is 0 Å². The largest absolute Gasteiger partial charge is 0.460 e. The second kappa shape index (κ2) is 8.04. The highest BCUT2D eigenvalue weighted by Crippen LogP contribution is 2.21. The Bertz CT molecular complexity index is 759. The zero-order valence-electron chi connectivity index (χ0n) is 15.2. The van der Waals surface area contributed by atoms with Crippen LogP contribution in [0.1, 0.15) is 23.1 Å². The molecular weight excluding hydrogens is 356 g/mol. The van der Waals surface area contributed by atoms with Gasteiger partial charge in [-0.05, 0) is 31.4 Å². The number of ether oxygens (including phenoxy) is 2. The molecule has 8 heteroatoms. The lowest BCUT2D eigenvalue weighted by molar-refractivity contribution is -0.147. The van der Waals surface area contributed by atoms with Gasteiger partial charge in [-0.15, -0.1) is 0 Å². The maximum absolute atomic E-state index is 12.7. The quantitative estimate of drug-likeness (QED) is 0.756. The van der Waals surface area contributed by atoms with Crippen LogP contribution in [0.2, 0.25) is 0 Å². The van der Waals surface area contributed by atoms with Crippen LogP contribution in [0.5, 0.6) is 0 Å². The van der Waals surface area contributed by atoms with Crippen LogP contribution >= 0.6 is 0 Å². The van der Waals surface area contributed by atoms with Crippen LogP contribution in [0.15, 0.2) is 18.2 Å². The van der Waals surface area contributed by atoms with Gasteiger partial charge < -0.3 is 14.8 Å². The lowest BCUT2D eigenvalue weighted by Crippen LogP contribution is -2.45. The third-order valence-electron chi connectivity index (χ3n) is 5.00. The van der Waals surface area contributed by atoms with Crippen LogP contribution in [0, 0.1) is 13.8 Å². The SMILES string of the molecule is Cc1ccc(C)c(COC(=O)C2CC(S(=O)(=O)N3CCOCC3)CN2)c1. The molecule has 2 fully saturated rings. The number of aryl methyl sites for hydroxylation is 2. The van der Waals surface area contributed by atoms with Gasteiger partial charge in [0.1, 0.15) is 12.6 Å². The molecule has 1 aromatic rings. The predicted molar refractivity (Wildman–Crippen MR) is 97.2 cm³/mol. The number of nitrogens with one attached hydrogen (secondary N) is 1. The number of esters is 1. The number of carbonyl (C=O) groups excluding carboxylic acids is 1. The van der Waals surface area contributed by atoms with Gasteiger partial charge in [-0.2, -0.15) is 4.31 Å². The van der Waals surface area contributed by atoms with E-state index in [1.807, 2.05) is 32.0 Å². The number of carbonyl (C=O) groups is 1. The van der Waals surface area contributed by atoms with E-state index in [0.29, 0.717) is 26.3 Å². The van der Waals surface area contributed by atoms with Crippen molar-refractivity contribution in [3.05, 3.63) is 34.9 Å². The van der Waals surface area contributed by atoms with Crippen molar-refractivity contribution in [3.8, 4) is 0 Å². The van der Waals surface area contributed by atoms with E-state index < -0.39 is 27.3 Å². The summed E-state index contributed by atoms with van der Waals surface area (Å²) in [7, 11) is -3.42. The Labute approximate surface area is 154 Å². The summed E-state index contributed by atoms with van der Waals surface area (Å²) in [5.41, 5.74) is 3.14. The van der Waals surface area contributed by atoms with Gasteiger partial charge in [0.05, 0.1) is 18.5 Å². The lowest BCUT2D eigenvalue weighted by Gasteiger charge is -2.28. The summed E-state index contributed by atoms with van der Waals surface area (Å²) in [6.07, 6.45) is 0.241. The smallest absolute Gasteiger partial charge is 0.323 e. The summed E-state index contributed by atoms with van der Waals surface area (Å²) in [5, 5.41) is 2.40. The van der Waals surface area contributed by atoms with Gasteiger partial charge in [-0.3, -0.25) is 4.79 Å². The van der Waals surface area contributed by atoms with Crippen molar-refractivity contribution in [1.82, 2.24) is 9.62 Å². The molecule has 7 nitrogen and oxygen atoms in total. The van der Waals surface area contributed by atoms with Gasteiger partial charge in [0.25, 0.3) is 0 Å².